The number of carbonyl (C=O) groups excluding carboxylic acids is 3. The Hall–Kier alpha value is -2.74. The molecule has 1 aliphatic rings. The number of hydrogen-bond acceptors (Lipinski definition) is 5. The maximum absolute atomic E-state index is 12.1. The summed E-state index contributed by atoms with van der Waals surface area (Å²) in [5.41, 5.74) is 0.740. The van der Waals surface area contributed by atoms with Crippen molar-refractivity contribution >= 4 is 64.4 Å². The van der Waals surface area contributed by atoms with Crippen LogP contribution >= 0.6 is 35.4 Å². The van der Waals surface area contributed by atoms with Gasteiger partial charge in [0.15, 0.2) is 5.11 Å². The van der Waals surface area contributed by atoms with Crippen LogP contribution in [0.5, 0.6) is 5.75 Å². The Morgan fingerprint density at radius 1 is 0.963 bits per heavy atom. The number of hydrogen-bond donors (Lipinski definition) is 2. The number of esters is 1. The standard InChI is InChI=1S/C18H10Cl2N2O4S/c19-13-6-3-10(8-14(13)20)17(25)26-11-4-1-9(2-5-11)7-12-15(23)21-18(27)22-16(12)24/h1-8H,(H2,21,22,23,24,27). The van der Waals surface area contributed by atoms with Gasteiger partial charge in [-0.2, -0.15) is 0 Å². The summed E-state index contributed by atoms with van der Waals surface area (Å²) in [6.07, 6.45) is 1.40. The van der Waals surface area contributed by atoms with Crippen molar-refractivity contribution in [1.29, 1.82) is 0 Å². The molecule has 1 fully saturated rings. The molecule has 2 aromatic carbocycles. The van der Waals surface area contributed by atoms with Gasteiger partial charge in [0.1, 0.15) is 11.3 Å². The van der Waals surface area contributed by atoms with Crippen molar-refractivity contribution in [2.45, 2.75) is 0 Å². The van der Waals surface area contributed by atoms with E-state index in [2.05, 4.69) is 10.6 Å². The molecule has 0 radical (unpaired) electrons. The van der Waals surface area contributed by atoms with Gasteiger partial charge in [-0.15, -0.1) is 0 Å². The molecule has 0 bridgehead atoms. The molecule has 0 unspecified atom stereocenters. The van der Waals surface area contributed by atoms with Crippen molar-refractivity contribution < 1.29 is 19.1 Å². The smallest absolute Gasteiger partial charge is 0.343 e. The SMILES string of the molecule is O=C1NC(=S)NC(=O)C1=Cc1ccc(OC(=O)c2ccc(Cl)c(Cl)c2)cc1. The largest absolute Gasteiger partial charge is 0.423 e. The minimum atomic E-state index is -0.598. The summed E-state index contributed by atoms with van der Waals surface area (Å²) in [5, 5.41) is 5.24. The highest BCUT2D eigenvalue weighted by Gasteiger charge is 2.25. The molecule has 2 aromatic rings. The van der Waals surface area contributed by atoms with Crippen LogP contribution in [0.1, 0.15) is 15.9 Å². The summed E-state index contributed by atoms with van der Waals surface area (Å²) in [6, 6.07) is 10.7. The van der Waals surface area contributed by atoms with Crippen LogP contribution in [0.3, 0.4) is 0 Å². The Morgan fingerprint density at radius 3 is 2.19 bits per heavy atom. The molecule has 1 heterocycles. The van der Waals surface area contributed by atoms with E-state index in [1.165, 1.54) is 36.4 Å². The molecule has 0 saturated carbocycles. The summed E-state index contributed by atoms with van der Waals surface area (Å²) < 4.78 is 5.26. The molecule has 0 spiro atoms. The maximum atomic E-state index is 12.1. The van der Waals surface area contributed by atoms with Crippen LogP contribution in [0.4, 0.5) is 0 Å². The van der Waals surface area contributed by atoms with Crippen molar-refractivity contribution in [2.24, 2.45) is 0 Å². The fourth-order valence-corrected chi connectivity index (χ4v) is 2.68. The molecular formula is C18H10Cl2N2O4S. The molecule has 2 N–H and O–H groups in total. The lowest BCUT2D eigenvalue weighted by molar-refractivity contribution is -0.123. The number of benzene rings is 2. The first kappa shape index (κ1) is 19.0. The molecule has 9 heteroatoms. The van der Waals surface area contributed by atoms with Crippen molar-refractivity contribution in [2.75, 3.05) is 0 Å². The lowest BCUT2D eigenvalue weighted by Gasteiger charge is -2.16. The van der Waals surface area contributed by atoms with Crippen LogP contribution in [0.2, 0.25) is 10.0 Å². The predicted molar refractivity (Wildman–Crippen MR) is 105 cm³/mol. The Balaban J connectivity index is 1.73. The van der Waals surface area contributed by atoms with Crippen LogP contribution in [0.25, 0.3) is 6.08 Å². The first-order chi connectivity index (χ1) is 12.8. The van der Waals surface area contributed by atoms with E-state index in [0.717, 1.165) is 0 Å². The summed E-state index contributed by atoms with van der Waals surface area (Å²) in [4.78, 5) is 35.8. The topological polar surface area (TPSA) is 84.5 Å². The molecule has 0 atom stereocenters. The van der Waals surface area contributed by atoms with E-state index in [0.29, 0.717) is 10.6 Å². The van der Waals surface area contributed by atoms with Gasteiger partial charge in [-0.3, -0.25) is 20.2 Å². The Morgan fingerprint density at radius 2 is 1.59 bits per heavy atom. The highest BCUT2D eigenvalue weighted by molar-refractivity contribution is 7.80. The van der Waals surface area contributed by atoms with Gasteiger partial charge in [0.2, 0.25) is 0 Å². The van der Waals surface area contributed by atoms with Gasteiger partial charge in [-0.05, 0) is 54.2 Å². The summed E-state index contributed by atoms with van der Waals surface area (Å²) >= 11 is 16.4. The van der Waals surface area contributed by atoms with Gasteiger partial charge in [0.25, 0.3) is 11.8 Å². The molecule has 136 valence electrons. The first-order valence-corrected chi connectivity index (χ1v) is 8.65. The number of halogens is 2. The number of ether oxygens (including phenoxy) is 1. The zero-order valence-corrected chi connectivity index (χ0v) is 15.7. The second-order valence-corrected chi connectivity index (χ2v) is 6.61. The lowest BCUT2D eigenvalue weighted by atomic mass is 10.1. The van der Waals surface area contributed by atoms with Crippen LogP contribution in [-0.4, -0.2) is 22.9 Å². The van der Waals surface area contributed by atoms with E-state index in [4.69, 9.17) is 40.2 Å². The summed E-state index contributed by atoms with van der Waals surface area (Å²) in [5.74, 6) is -1.48. The molecule has 6 nitrogen and oxygen atoms in total. The van der Waals surface area contributed by atoms with Crippen molar-refractivity contribution in [3.05, 3.63) is 69.2 Å². The summed E-state index contributed by atoms with van der Waals surface area (Å²) in [6.45, 7) is 0. The number of nitrogens with one attached hydrogen (secondary N) is 2. The molecule has 3 rings (SSSR count). The fourth-order valence-electron chi connectivity index (χ4n) is 2.19. The van der Waals surface area contributed by atoms with E-state index in [1.807, 2.05) is 0 Å². The molecule has 27 heavy (non-hydrogen) atoms. The Labute approximate surface area is 169 Å². The average Bonchev–Trinajstić information content (AvgIpc) is 2.61. The van der Waals surface area contributed by atoms with E-state index >= 15 is 0 Å². The zero-order chi connectivity index (χ0) is 19.6. The number of thiocarbonyl (C=S) groups is 1. The average molecular weight is 421 g/mol. The number of rotatable bonds is 3. The minimum absolute atomic E-state index is 0.0355. The predicted octanol–water partition coefficient (Wildman–Crippen LogP) is 3.13. The maximum Gasteiger partial charge on any atom is 0.343 e. The van der Waals surface area contributed by atoms with Gasteiger partial charge in [-0.25, -0.2) is 4.79 Å². The van der Waals surface area contributed by atoms with Crippen LogP contribution in [0.15, 0.2) is 48.0 Å². The highest BCUT2D eigenvalue weighted by atomic mass is 35.5. The van der Waals surface area contributed by atoms with Crippen LogP contribution < -0.4 is 15.4 Å². The molecule has 2 amide bonds. The van der Waals surface area contributed by atoms with Gasteiger partial charge in [0.05, 0.1) is 15.6 Å². The number of carbonyl (C=O) groups is 3. The normalized spacial score (nSPS) is 13.7. The van der Waals surface area contributed by atoms with Crippen LogP contribution in [0, 0.1) is 0 Å². The van der Waals surface area contributed by atoms with Crippen LogP contribution in [-0.2, 0) is 9.59 Å². The molecule has 1 aliphatic heterocycles. The van der Waals surface area contributed by atoms with E-state index in [1.54, 1.807) is 12.1 Å². The molecular weight excluding hydrogens is 411 g/mol. The highest BCUT2D eigenvalue weighted by Crippen LogP contribution is 2.24. The quantitative estimate of drug-likeness (QED) is 0.262. The lowest BCUT2D eigenvalue weighted by Crippen LogP contribution is -2.51. The first-order valence-electron chi connectivity index (χ1n) is 7.49. The Kier molecular flexibility index (Phi) is 5.55. The molecule has 0 aromatic heterocycles. The second-order valence-electron chi connectivity index (χ2n) is 5.38. The third-order valence-electron chi connectivity index (χ3n) is 3.50. The Bertz CT molecular complexity index is 981. The van der Waals surface area contributed by atoms with Crippen molar-refractivity contribution in [3.8, 4) is 5.75 Å². The van der Waals surface area contributed by atoms with Crippen molar-refractivity contribution in [3.63, 3.8) is 0 Å². The van der Waals surface area contributed by atoms with E-state index in [-0.39, 0.29) is 27.0 Å². The fraction of sp³-hybridized carbons (Fsp3) is 0. The monoisotopic (exact) mass is 420 g/mol. The zero-order valence-electron chi connectivity index (χ0n) is 13.4. The van der Waals surface area contributed by atoms with Gasteiger partial charge < -0.3 is 4.74 Å². The van der Waals surface area contributed by atoms with Gasteiger partial charge in [0, 0.05) is 0 Å². The number of amides is 2. The minimum Gasteiger partial charge on any atom is -0.423 e. The van der Waals surface area contributed by atoms with Gasteiger partial charge >= 0.3 is 5.97 Å². The molecule has 1 saturated heterocycles. The van der Waals surface area contributed by atoms with Gasteiger partial charge in [-0.1, -0.05) is 35.3 Å². The summed E-state index contributed by atoms with van der Waals surface area (Å²) in [7, 11) is 0. The third-order valence-corrected chi connectivity index (χ3v) is 4.44. The van der Waals surface area contributed by atoms with Crippen molar-refractivity contribution in [1.82, 2.24) is 10.6 Å². The van der Waals surface area contributed by atoms with E-state index in [9.17, 15) is 14.4 Å². The molecule has 0 aliphatic carbocycles. The van der Waals surface area contributed by atoms with E-state index < -0.39 is 17.8 Å². The third kappa shape index (κ3) is 4.51. The second kappa shape index (κ2) is 7.87.